The molecule has 1 aliphatic heterocycles. The maximum absolute atomic E-state index is 13.6. The number of hydrogen-bond donors (Lipinski definition) is 0. The summed E-state index contributed by atoms with van der Waals surface area (Å²) in [4.78, 5) is 14.6. The summed E-state index contributed by atoms with van der Waals surface area (Å²) < 4.78 is 107. The normalized spacial score (nSPS) is 17.4. The lowest BCUT2D eigenvalue weighted by molar-refractivity contribution is -0.143. The standard InChI is InChI=1S/C27H21F8NO/c28-21-5-1-17(2-6-21)25(18-3-7-22(29)8-4-18)23-15-36(10-9-24(23)37)14-16-11-19(26(30,31)32)13-20(12-16)27(33,34)35/h1-8,11-13,23,25H,9-10,14-15H2. The van der Waals surface area contributed by atoms with E-state index in [1.165, 1.54) is 48.5 Å². The summed E-state index contributed by atoms with van der Waals surface area (Å²) in [5.74, 6) is -2.51. The minimum atomic E-state index is -4.97. The van der Waals surface area contributed by atoms with Crippen LogP contribution in [-0.4, -0.2) is 23.8 Å². The molecule has 1 atom stereocenters. The van der Waals surface area contributed by atoms with Crippen molar-refractivity contribution in [3.63, 3.8) is 0 Å². The maximum atomic E-state index is 13.6. The number of benzene rings is 3. The highest BCUT2D eigenvalue weighted by Crippen LogP contribution is 2.38. The van der Waals surface area contributed by atoms with Crippen molar-refractivity contribution in [2.75, 3.05) is 13.1 Å². The van der Waals surface area contributed by atoms with Crippen LogP contribution in [-0.2, 0) is 23.7 Å². The van der Waals surface area contributed by atoms with E-state index >= 15 is 0 Å². The van der Waals surface area contributed by atoms with Crippen LogP contribution < -0.4 is 0 Å². The van der Waals surface area contributed by atoms with Crippen LogP contribution >= 0.6 is 0 Å². The first kappa shape index (κ1) is 26.8. The Hall–Kier alpha value is -3.27. The van der Waals surface area contributed by atoms with Crippen LogP contribution in [0.25, 0.3) is 0 Å². The van der Waals surface area contributed by atoms with Gasteiger partial charge in [-0.05, 0) is 59.2 Å². The number of piperidine rings is 1. The first-order valence-electron chi connectivity index (χ1n) is 11.4. The average Bonchev–Trinajstić information content (AvgIpc) is 2.82. The molecule has 1 saturated heterocycles. The molecule has 1 heterocycles. The largest absolute Gasteiger partial charge is 0.416 e. The van der Waals surface area contributed by atoms with Crippen LogP contribution in [0.5, 0.6) is 0 Å². The topological polar surface area (TPSA) is 20.3 Å². The van der Waals surface area contributed by atoms with Gasteiger partial charge in [-0.25, -0.2) is 8.78 Å². The summed E-state index contributed by atoms with van der Waals surface area (Å²) >= 11 is 0. The Morgan fingerprint density at radius 2 is 1.22 bits per heavy atom. The van der Waals surface area contributed by atoms with E-state index in [0.29, 0.717) is 23.3 Å². The predicted molar refractivity (Wildman–Crippen MR) is 119 cm³/mol. The molecule has 4 rings (SSSR count). The third-order valence-corrected chi connectivity index (χ3v) is 6.46. The fourth-order valence-electron chi connectivity index (χ4n) is 4.73. The summed E-state index contributed by atoms with van der Waals surface area (Å²) in [6.45, 7) is -0.0569. The van der Waals surface area contributed by atoms with E-state index in [9.17, 15) is 39.9 Å². The number of halogens is 8. The zero-order chi connectivity index (χ0) is 27.0. The molecule has 2 nitrogen and oxygen atoms in total. The van der Waals surface area contributed by atoms with Gasteiger partial charge in [-0.3, -0.25) is 9.69 Å². The van der Waals surface area contributed by atoms with Gasteiger partial charge in [0.05, 0.1) is 11.1 Å². The Labute approximate surface area is 207 Å². The highest BCUT2D eigenvalue weighted by atomic mass is 19.4. The van der Waals surface area contributed by atoms with Crippen LogP contribution in [0.2, 0.25) is 0 Å². The van der Waals surface area contributed by atoms with Gasteiger partial charge in [0, 0.05) is 37.9 Å². The molecule has 1 fully saturated rings. The lowest BCUT2D eigenvalue weighted by Crippen LogP contribution is -2.43. The smallest absolute Gasteiger partial charge is 0.299 e. The first-order valence-corrected chi connectivity index (χ1v) is 11.4. The highest BCUT2D eigenvalue weighted by molar-refractivity contribution is 5.83. The van der Waals surface area contributed by atoms with Crippen LogP contribution in [0, 0.1) is 17.6 Å². The second-order valence-electron chi connectivity index (χ2n) is 9.05. The van der Waals surface area contributed by atoms with Gasteiger partial charge in [0.15, 0.2) is 0 Å². The van der Waals surface area contributed by atoms with Gasteiger partial charge in [0.25, 0.3) is 0 Å². The Kier molecular flexibility index (Phi) is 7.41. The zero-order valence-corrected chi connectivity index (χ0v) is 19.2. The Bertz CT molecular complexity index is 1170. The number of carbonyl (C=O) groups excluding carboxylic acids is 1. The summed E-state index contributed by atoms with van der Waals surface area (Å²) in [6.07, 6.45) is -9.91. The molecule has 37 heavy (non-hydrogen) atoms. The minimum absolute atomic E-state index is 0.0225. The molecule has 196 valence electrons. The van der Waals surface area contributed by atoms with E-state index in [1.807, 2.05) is 0 Å². The van der Waals surface area contributed by atoms with Crippen molar-refractivity contribution in [1.82, 2.24) is 4.90 Å². The van der Waals surface area contributed by atoms with Crippen LogP contribution in [0.3, 0.4) is 0 Å². The Balaban J connectivity index is 1.67. The summed E-state index contributed by atoms with van der Waals surface area (Å²) in [5.41, 5.74) is -1.84. The van der Waals surface area contributed by atoms with Gasteiger partial charge < -0.3 is 0 Å². The molecular formula is C27H21F8NO. The lowest BCUT2D eigenvalue weighted by Gasteiger charge is -2.36. The fourth-order valence-corrected chi connectivity index (χ4v) is 4.73. The van der Waals surface area contributed by atoms with E-state index in [-0.39, 0.29) is 43.5 Å². The van der Waals surface area contributed by atoms with Gasteiger partial charge >= 0.3 is 12.4 Å². The maximum Gasteiger partial charge on any atom is 0.416 e. The van der Waals surface area contributed by atoms with Crippen molar-refractivity contribution >= 4 is 5.78 Å². The molecule has 1 unspecified atom stereocenters. The molecule has 0 radical (unpaired) electrons. The second-order valence-corrected chi connectivity index (χ2v) is 9.05. The van der Waals surface area contributed by atoms with Crippen molar-refractivity contribution in [2.45, 2.75) is 31.2 Å². The molecule has 0 saturated carbocycles. The zero-order valence-electron chi connectivity index (χ0n) is 19.2. The number of likely N-dealkylation sites (tertiary alicyclic amines) is 1. The molecule has 0 bridgehead atoms. The first-order chi connectivity index (χ1) is 17.3. The predicted octanol–water partition coefficient (Wildman–Crippen LogP) is 7.23. The van der Waals surface area contributed by atoms with E-state index < -0.39 is 46.9 Å². The molecule has 3 aromatic rings. The molecule has 0 aromatic heterocycles. The van der Waals surface area contributed by atoms with Crippen molar-refractivity contribution in [2.24, 2.45) is 5.92 Å². The van der Waals surface area contributed by atoms with Crippen molar-refractivity contribution in [1.29, 1.82) is 0 Å². The third-order valence-electron chi connectivity index (χ3n) is 6.46. The second kappa shape index (κ2) is 10.2. The SMILES string of the molecule is O=C1CCN(Cc2cc(C(F)(F)F)cc(C(F)(F)F)c2)CC1C(c1ccc(F)cc1)c1ccc(F)cc1. The van der Waals surface area contributed by atoms with Crippen molar-refractivity contribution < 1.29 is 39.9 Å². The number of alkyl halides is 6. The molecular weight excluding hydrogens is 506 g/mol. The number of nitrogens with zero attached hydrogens (tertiary/aromatic N) is 1. The summed E-state index contributed by atoms with van der Waals surface area (Å²) in [6, 6.07) is 12.3. The monoisotopic (exact) mass is 527 g/mol. The van der Waals surface area contributed by atoms with E-state index in [2.05, 4.69) is 0 Å². The number of Topliss-reactive ketones (excluding diaryl/α,β-unsaturated/α-hetero) is 1. The van der Waals surface area contributed by atoms with E-state index in [1.54, 1.807) is 4.90 Å². The molecule has 0 spiro atoms. The third kappa shape index (κ3) is 6.36. The number of hydrogen-bond acceptors (Lipinski definition) is 2. The highest BCUT2D eigenvalue weighted by Gasteiger charge is 2.38. The lowest BCUT2D eigenvalue weighted by atomic mass is 9.76. The molecule has 0 aliphatic carbocycles. The molecule has 10 heteroatoms. The average molecular weight is 527 g/mol. The number of carbonyl (C=O) groups is 1. The fraction of sp³-hybridized carbons (Fsp3) is 0.296. The van der Waals surface area contributed by atoms with E-state index in [4.69, 9.17) is 0 Å². The van der Waals surface area contributed by atoms with Gasteiger partial charge in [-0.1, -0.05) is 24.3 Å². The number of ketones is 1. The van der Waals surface area contributed by atoms with Gasteiger partial charge in [0.2, 0.25) is 0 Å². The van der Waals surface area contributed by atoms with Gasteiger partial charge in [-0.15, -0.1) is 0 Å². The molecule has 0 amide bonds. The van der Waals surface area contributed by atoms with E-state index in [0.717, 1.165) is 0 Å². The van der Waals surface area contributed by atoms with Gasteiger partial charge in [0.1, 0.15) is 17.4 Å². The summed E-state index contributed by atoms with van der Waals surface area (Å²) in [5, 5.41) is 0. The van der Waals surface area contributed by atoms with Crippen molar-refractivity contribution in [3.05, 3.63) is 106 Å². The molecule has 0 N–H and O–H groups in total. The Morgan fingerprint density at radius 1 is 0.757 bits per heavy atom. The van der Waals surface area contributed by atoms with Crippen molar-refractivity contribution in [3.8, 4) is 0 Å². The minimum Gasteiger partial charge on any atom is -0.299 e. The van der Waals surface area contributed by atoms with Crippen LogP contribution in [0.1, 0.15) is 40.2 Å². The van der Waals surface area contributed by atoms with Crippen LogP contribution in [0.4, 0.5) is 35.1 Å². The Morgan fingerprint density at radius 3 is 1.65 bits per heavy atom. The molecule has 3 aromatic carbocycles. The van der Waals surface area contributed by atoms with Gasteiger partial charge in [-0.2, -0.15) is 26.3 Å². The quantitative estimate of drug-likeness (QED) is 0.327. The summed E-state index contributed by atoms with van der Waals surface area (Å²) in [7, 11) is 0. The molecule has 1 aliphatic rings. The number of rotatable bonds is 5. The van der Waals surface area contributed by atoms with Crippen LogP contribution in [0.15, 0.2) is 66.7 Å².